The minimum absolute atomic E-state index is 0.159. The maximum atomic E-state index is 13.6. The second-order valence-electron chi connectivity index (χ2n) is 4.35. The molecule has 19 heavy (non-hydrogen) atoms. The number of carbonyl (C=O) groups is 1. The highest BCUT2D eigenvalue weighted by Gasteiger charge is 2.39. The normalized spacial score (nSPS) is 13.8. The van der Waals surface area contributed by atoms with E-state index in [2.05, 4.69) is 0 Å². The number of halogens is 1. The van der Waals surface area contributed by atoms with E-state index < -0.39 is 17.3 Å². The van der Waals surface area contributed by atoms with Crippen LogP contribution in [-0.2, 0) is 10.4 Å². The van der Waals surface area contributed by atoms with Crippen molar-refractivity contribution in [2.45, 2.75) is 12.5 Å². The van der Waals surface area contributed by atoms with Gasteiger partial charge in [-0.2, -0.15) is 0 Å². The molecular formula is C15H14FNO2. The molecule has 0 aliphatic rings. The van der Waals surface area contributed by atoms with Gasteiger partial charge in [0.05, 0.1) is 0 Å². The molecule has 0 saturated heterocycles. The number of hydrogen-bond donors (Lipinski definition) is 2. The summed E-state index contributed by atoms with van der Waals surface area (Å²) in [5.74, 6) is -1.43. The van der Waals surface area contributed by atoms with E-state index in [0.29, 0.717) is 5.56 Å². The zero-order valence-corrected chi connectivity index (χ0v) is 10.4. The number of aliphatic hydroxyl groups is 1. The Morgan fingerprint density at radius 2 is 1.79 bits per heavy atom. The number of primary amides is 1. The molecule has 2 aromatic carbocycles. The van der Waals surface area contributed by atoms with Crippen LogP contribution >= 0.6 is 0 Å². The topological polar surface area (TPSA) is 63.3 Å². The van der Waals surface area contributed by atoms with Gasteiger partial charge < -0.3 is 10.8 Å². The standard InChI is InChI=1S/C15H14FNO2/c1-10-12(8-5-9-13(10)16)15(19,14(17)18)11-6-3-2-4-7-11/h2-9,19H,1H3,(H2,17,18). The molecule has 0 saturated carbocycles. The Kier molecular flexibility index (Phi) is 3.36. The number of carbonyl (C=O) groups excluding carboxylic acids is 1. The van der Waals surface area contributed by atoms with Gasteiger partial charge in [-0.3, -0.25) is 4.79 Å². The van der Waals surface area contributed by atoms with Crippen LogP contribution in [0, 0.1) is 12.7 Å². The highest BCUT2D eigenvalue weighted by Crippen LogP contribution is 2.32. The average Bonchev–Trinajstić information content (AvgIpc) is 2.42. The molecule has 0 spiro atoms. The molecule has 3 nitrogen and oxygen atoms in total. The van der Waals surface area contributed by atoms with Crippen molar-refractivity contribution in [3.8, 4) is 0 Å². The summed E-state index contributed by atoms with van der Waals surface area (Å²) in [7, 11) is 0. The molecule has 0 aliphatic carbocycles. The Labute approximate surface area is 110 Å². The maximum absolute atomic E-state index is 13.6. The van der Waals surface area contributed by atoms with Gasteiger partial charge in [0.15, 0.2) is 5.60 Å². The summed E-state index contributed by atoms with van der Waals surface area (Å²) in [4.78, 5) is 11.7. The first kappa shape index (κ1) is 13.2. The van der Waals surface area contributed by atoms with E-state index in [4.69, 9.17) is 5.73 Å². The Hall–Kier alpha value is -2.20. The first-order chi connectivity index (χ1) is 8.98. The molecule has 2 rings (SSSR count). The fraction of sp³-hybridized carbons (Fsp3) is 0.133. The first-order valence-corrected chi connectivity index (χ1v) is 5.81. The number of benzene rings is 2. The molecule has 4 heteroatoms. The smallest absolute Gasteiger partial charge is 0.258 e. The van der Waals surface area contributed by atoms with E-state index in [-0.39, 0.29) is 11.1 Å². The van der Waals surface area contributed by atoms with Crippen LogP contribution in [0.25, 0.3) is 0 Å². The molecule has 0 radical (unpaired) electrons. The minimum Gasteiger partial charge on any atom is -0.372 e. The zero-order chi connectivity index (χ0) is 14.0. The van der Waals surface area contributed by atoms with Gasteiger partial charge in [-0.25, -0.2) is 4.39 Å². The molecule has 1 atom stereocenters. The summed E-state index contributed by atoms with van der Waals surface area (Å²) in [5, 5.41) is 10.7. The highest BCUT2D eigenvalue weighted by molar-refractivity contribution is 5.89. The molecule has 1 unspecified atom stereocenters. The van der Waals surface area contributed by atoms with Crippen molar-refractivity contribution in [3.63, 3.8) is 0 Å². The molecule has 1 amide bonds. The Balaban J connectivity index is 2.71. The third-order valence-electron chi connectivity index (χ3n) is 3.21. The van der Waals surface area contributed by atoms with E-state index >= 15 is 0 Å². The van der Waals surface area contributed by atoms with Crippen LogP contribution in [0.5, 0.6) is 0 Å². The van der Waals surface area contributed by atoms with Gasteiger partial charge in [0.2, 0.25) is 0 Å². The lowest BCUT2D eigenvalue weighted by Gasteiger charge is -2.27. The predicted molar refractivity (Wildman–Crippen MR) is 69.8 cm³/mol. The summed E-state index contributed by atoms with van der Waals surface area (Å²) >= 11 is 0. The third kappa shape index (κ3) is 2.11. The van der Waals surface area contributed by atoms with E-state index in [0.717, 1.165) is 0 Å². The van der Waals surface area contributed by atoms with E-state index in [9.17, 15) is 14.3 Å². The first-order valence-electron chi connectivity index (χ1n) is 5.81. The fourth-order valence-electron chi connectivity index (χ4n) is 2.11. The molecule has 0 fully saturated rings. The summed E-state index contributed by atoms with van der Waals surface area (Å²) in [5.41, 5.74) is 3.98. The van der Waals surface area contributed by atoms with Crippen LogP contribution in [0.3, 0.4) is 0 Å². The zero-order valence-electron chi connectivity index (χ0n) is 10.4. The van der Waals surface area contributed by atoms with E-state index in [1.165, 1.54) is 25.1 Å². The SMILES string of the molecule is Cc1c(F)cccc1C(O)(C(N)=O)c1ccccc1. The van der Waals surface area contributed by atoms with Crippen molar-refractivity contribution in [2.24, 2.45) is 5.73 Å². The lowest BCUT2D eigenvalue weighted by Crippen LogP contribution is -2.42. The monoisotopic (exact) mass is 259 g/mol. The van der Waals surface area contributed by atoms with Crippen molar-refractivity contribution in [1.29, 1.82) is 0 Å². The van der Waals surface area contributed by atoms with E-state index in [1.54, 1.807) is 30.3 Å². The number of hydrogen-bond acceptors (Lipinski definition) is 2. The van der Waals surface area contributed by atoms with Crippen molar-refractivity contribution in [2.75, 3.05) is 0 Å². The van der Waals surface area contributed by atoms with Gasteiger partial charge in [0, 0.05) is 5.56 Å². The summed E-state index contributed by atoms with van der Waals surface area (Å²) < 4.78 is 13.6. The average molecular weight is 259 g/mol. The van der Waals surface area contributed by atoms with Crippen LogP contribution < -0.4 is 5.73 Å². The highest BCUT2D eigenvalue weighted by atomic mass is 19.1. The largest absolute Gasteiger partial charge is 0.372 e. The van der Waals surface area contributed by atoms with Gasteiger partial charge >= 0.3 is 0 Å². The second kappa shape index (κ2) is 4.82. The van der Waals surface area contributed by atoms with Crippen LogP contribution in [0.2, 0.25) is 0 Å². The van der Waals surface area contributed by atoms with Gasteiger partial charge in [-0.1, -0.05) is 42.5 Å². The molecule has 0 aromatic heterocycles. The van der Waals surface area contributed by atoms with Crippen LogP contribution in [0.1, 0.15) is 16.7 Å². The molecule has 3 N–H and O–H groups in total. The molecular weight excluding hydrogens is 245 g/mol. The third-order valence-corrected chi connectivity index (χ3v) is 3.21. The predicted octanol–water partition coefficient (Wildman–Crippen LogP) is 1.86. The molecule has 0 heterocycles. The van der Waals surface area contributed by atoms with Gasteiger partial charge in [-0.05, 0) is 24.1 Å². The number of nitrogens with two attached hydrogens (primary N) is 1. The summed E-state index contributed by atoms with van der Waals surface area (Å²) in [6.45, 7) is 1.50. The van der Waals surface area contributed by atoms with Crippen molar-refractivity contribution < 1.29 is 14.3 Å². The Morgan fingerprint density at radius 1 is 1.16 bits per heavy atom. The maximum Gasteiger partial charge on any atom is 0.258 e. The number of amides is 1. The lowest BCUT2D eigenvalue weighted by molar-refractivity contribution is -0.133. The fourth-order valence-corrected chi connectivity index (χ4v) is 2.11. The quantitative estimate of drug-likeness (QED) is 0.883. The van der Waals surface area contributed by atoms with Gasteiger partial charge in [-0.15, -0.1) is 0 Å². The lowest BCUT2D eigenvalue weighted by atomic mass is 9.83. The Morgan fingerprint density at radius 3 is 2.37 bits per heavy atom. The van der Waals surface area contributed by atoms with Gasteiger partial charge in [0.25, 0.3) is 5.91 Å². The molecule has 0 aliphatic heterocycles. The summed E-state index contributed by atoms with van der Waals surface area (Å²) in [6.07, 6.45) is 0. The summed E-state index contributed by atoms with van der Waals surface area (Å²) in [6, 6.07) is 12.5. The molecule has 98 valence electrons. The van der Waals surface area contributed by atoms with Crippen LogP contribution in [0.15, 0.2) is 48.5 Å². The van der Waals surface area contributed by atoms with E-state index in [1.807, 2.05) is 0 Å². The molecule has 2 aromatic rings. The van der Waals surface area contributed by atoms with Crippen molar-refractivity contribution in [3.05, 3.63) is 71.0 Å². The number of rotatable bonds is 3. The van der Waals surface area contributed by atoms with Crippen LogP contribution in [0.4, 0.5) is 4.39 Å². The molecule has 0 bridgehead atoms. The van der Waals surface area contributed by atoms with Crippen LogP contribution in [-0.4, -0.2) is 11.0 Å². The van der Waals surface area contributed by atoms with Crippen molar-refractivity contribution >= 4 is 5.91 Å². The Bertz CT molecular complexity index is 613. The minimum atomic E-state index is -2.03. The van der Waals surface area contributed by atoms with Gasteiger partial charge in [0.1, 0.15) is 5.82 Å². The second-order valence-corrected chi connectivity index (χ2v) is 4.35. The van der Waals surface area contributed by atoms with Crippen molar-refractivity contribution in [1.82, 2.24) is 0 Å².